The number of benzene rings is 1. The van der Waals surface area contributed by atoms with Crippen molar-refractivity contribution in [3.8, 4) is 0 Å². The number of nitrogens with one attached hydrogen (secondary N) is 1. The van der Waals surface area contributed by atoms with E-state index in [1.807, 2.05) is 30.2 Å². The van der Waals surface area contributed by atoms with Crippen molar-refractivity contribution in [2.45, 2.75) is 25.3 Å². The van der Waals surface area contributed by atoms with Crippen molar-refractivity contribution >= 4 is 29.9 Å². The van der Waals surface area contributed by atoms with Gasteiger partial charge in [0.1, 0.15) is 0 Å². The predicted octanol–water partition coefficient (Wildman–Crippen LogP) is 2.96. The van der Waals surface area contributed by atoms with Crippen LogP contribution in [0.2, 0.25) is 0 Å². The molecule has 3 rings (SSSR count). The Balaban J connectivity index is 0.00000208. The molecule has 1 unspecified atom stereocenters. The molecule has 5 nitrogen and oxygen atoms in total. The van der Waals surface area contributed by atoms with Crippen LogP contribution in [0.1, 0.15) is 24.3 Å². The quantitative estimate of drug-likeness (QED) is 0.337. The van der Waals surface area contributed by atoms with Gasteiger partial charge in [0.05, 0.1) is 0 Å². The molecule has 0 spiro atoms. The molecule has 0 radical (unpaired) electrons. The van der Waals surface area contributed by atoms with E-state index in [9.17, 15) is 0 Å². The second kappa shape index (κ2) is 9.66. The van der Waals surface area contributed by atoms with E-state index in [2.05, 4.69) is 50.6 Å². The van der Waals surface area contributed by atoms with Crippen molar-refractivity contribution in [2.24, 2.45) is 4.99 Å². The number of hydrogen-bond donors (Lipinski definition) is 1. The third kappa shape index (κ3) is 4.96. The second-order valence-corrected chi connectivity index (χ2v) is 5.94. The molecule has 0 amide bonds. The molecule has 1 fully saturated rings. The van der Waals surface area contributed by atoms with Gasteiger partial charge in [-0.1, -0.05) is 30.3 Å². The van der Waals surface area contributed by atoms with Crippen molar-refractivity contribution in [3.63, 3.8) is 0 Å². The SMILES string of the molecule is CN=C(NCCCn1cccn1)N1CCC(c2ccccc2)C1.I. The molecule has 1 atom stereocenters. The minimum atomic E-state index is 0. The van der Waals surface area contributed by atoms with Crippen LogP contribution in [0.5, 0.6) is 0 Å². The Morgan fingerprint density at radius 2 is 2.12 bits per heavy atom. The van der Waals surface area contributed by atoms with E-state index < -0.39 is 0 Å². The molecule has 1 aromatic carbocycles. The van der Waals surface area contributed by atoms with Gasteiger partial charge in [-0.2, -0.15) is 5.10 Å². The summed E-state index contributed by atoms with van der Waals surface area (Å²) in [6, 6.07) is 12.8. The van der Waals surface area contributed by atoms with Gasteiger partial charge in [0, 0.05) is 51.5 Å². The van der Waals surface area contributed by atoms with Crippen molar-refractivity contribution in [1.29, 1.82) is 0 Å². The fourth-order valence-corrected chi connectivity index (χ4v) is 3.16. The van der Waals surface area contributed by atoms with Gasteiger partial charge < -0.3 is 10.2 Å². The maximum atomic E-state index is 4.44. The summed E-state index contributed by atoms with van der Waals surface area (Å²) in [7, 11) is 1.87. The summed E-state index contributed by atoms with van der Waals surface area (Å²) in [6.07, 6.45) is 6.05. The van der Waals surface area contributed by atoms with Crippen molar-refractivity contribution in [1.82, 2.24) is 20.0 Å². The highest BCUT2D eigenvalue weighted by Gasteiger charge is 2.25. The number of likely N-dealkylation sites (tertiary alicyclic amines) is 1. The van der Waals surface area contributed by atoms with E-state index in [1.165, 1.54) is 12.0 Å². The molecular weight excluding hydrogens is 413 g/mol. The lowest BCUT2D eigenvalue weighted by Crippen LogP contribution is -2.40. The third-order valence-electron chi connectivity index (χ3n) is 4.38. The van der Waals surface area contributed by atoms with Crippen LogP contribution in [0.3, 0.4) is 0 Å². The minimum absolute atomic E-state index is 0. The molecule has 2 aromatic rings. The smallest absolute Gasteiger partial charge is 0.193 e. The fourth-order valence-electron chi connectivity index (χ4n) is 3.16. The van der Waals surface area contributed by atoms with Crippen LogP contribution in [-0.4, -0.2) is 47.3 Å². The average molecular weight is 439 g/mol. The number of rotatable bonds is 5. The predicted molar refractivity (Wildman–Crippen MR) is 109 cm³/mol. The van der Waals surface area contributed by atoms with Gasteiger partial charge in [-0.25, -0.2) is 0 Å². The van der Waals surface area contributed by atoms with E-state index in [0.717, 1.165) is 38.6 Å². The first-order valence-electron chi connectivity index (χ1n) is 8.35. The maximum Gasteiger partial charge on any atom is 0.193 e. The Morgan fingerprint density at radius 3 is 2.83 bits per heavy atom. The monoisotopic (exact) mass is 439 g/mol. The molecule has 0 saturated carbocycles. The summed E-state index contributed by atoms with van der Waals surface area (Å²) in [5.74, 6) is 1.63. The highest BCUT2D eigenvalue weighted by molar-refractivity contribution is 14.0. The molecule has 1 aliphatic rings. The molecule has 24 heavy (non-hydrogen) atoms. The van der Waals surface area contributed by atoms with Crippen LogP contribution in [0.4, 0.5) is 0 Å². The molecule has 1 aliphatic heterocycles. The summed E-state index contributed by atoms with van der Waals surface area (Å²) in [6.45, 7) is 3.96. The number of halogens is 1. The lowest BCUT2D eigenvalue weighted by Gasteiger charge is -2.21. The van der Waals surface area contributed by atoms with Crippen LogP contribution in [0, 0.1) is 0 Å². The first-order valence-corrected chi connectivity index (χ1v) is 8.35. The van der Waals surface area contributed by atoms with Gasteiger partial charge in [-0.3, -0.25) is 9.67 Å². The lowest BCUT2D eigenvalue weighted by atomic mass is 9.99. The molecule has 2 heterocycles. The Kier molecular flexibility index (Phi) is 7.55. The second-order valence-electron chi connectivity index (χ2n) is 5.94. The van der Waals surface area contributed by atoms with Crippen LogP contribution in [0.25, 0.3) is 0 Å². The Bertz CT molecular complexity index is 612. The average Bonchev–Trinajstić information content (AvgIpc) is 3.27. The zero-order chi connectivity index (χ0) is 15.9. The molecule has 0 bridgehead atoms. The van der Waals surface area contributed by atoms with Crippen molar-refractivity contribution in [3.05, 3.63) is 54.4 Å². The largest absolute Gasteiger partial charge is 0.356 e. The zero-order valence-electron chi connectivity index (χ0n) is 14.1. The summed E-state index contributed by atoms with van der Waals surface area (Å²) < 4.78 is 1.96. The zero-order valence-corrected chi connectivity index (χ0v) is 16.5. The van der Waals surface area contributed by atoms with Crippen LogP contribution in [-0.2, 0) is 6.54 Å². The Labute approximate surface area is 161 Å². The first kappa shape index (κ1) is 18.8. The van der Waals surface area contributed by atoms with Crippen LogP contribution < -0.4 is 5.32 Å². The van der Waals surface area contributed by atoms with Gasteiger partial charge in [0.25, 0.3) is 0 Å². The van der Waals surface area contributed by atoms with E-state index >= 15 is 0 Å². The summed E-state index contributed by atoms with van der Waals surface area (Å²) in [5, 5.41) is 7.70. The van der Waals surface area contributed by atoms with E-state index in [0.29, 0.717) is 5.92 Å². The van der Waals surface area contributed by atoms with Crippen LogP contribution >= 0.6 is 24.0 Å². The number of aliphatic imine (C=N–C) groups is 1. The highest BCUT2D eigenvalue weighted by Crippen LogP contribution is 2.26. The molecule has 1 saturated heterocycles. The molecule has 1 aromatic heterocycles. The Hall–Kier alpha value is -1.57. The van der Waals surface area contributed by atoms with Crippen LogP contribution in [0.15, 0.2) is 53.8 Å². The standard InChI is InChI=1S/C18H25N5.HI/c1-19-18(20-10-5-12-23-13-6-11-21-23)22-14-9-17(15-22)16-7-3-2-4-8-16;/h2-4,6-8,11,13,17H,5,9-10,12,14-15H2,1H3,(H,19,20);1H. The third-order valence-corrected chi connectivity index (χ3v) is 4.38. The molecule has 6 heteroatoms. The Morgan fingerprint density at radius 1 is 1.29 bits per heavy atom. The molecular formula is C18H26IN5. The summed E-state index contributed by atoms with van der Waals surface area (Å²) in [5.41, 5.74) is 1.43. The first-order chi connectivity index (χ1) is 11.4. The number of nitrogens with zero attached hydrogens (tertiary/aromatic N) is 4. The number of guanidine groups is 1. The number of hydrogen-bond acceptors (Lipinski definition) is 2. The van der Waals surface area contributed by atoms with E-state index in [-0.39, 0.29) is 24.0 Å². The van der Waals surface area contributed by atoms with E-state index in [4.69, 9.17) is 0 Å². The molecule has 1 N–H and O–H groups in total. The number of aryl methyl sites for hydroxylation is 1. The molecule has 0 aliphatic carbocycles. The summed E-state index contributed by atoms with van der Waals surface area (Å²) >= 11 is 0. The van der Waals surface area contributed by atoms with Gasteiger partial charge >= 0.3 is 0 Å². The normalized spacial score (nSPS) is 17.6. The van der Waals surface area contributed by atoms with E-state index in [1.54, 1.807) is 0 Å². The molecule has 130 valence electrons. The lowest BCUT2D eigenvalue weighted by molar-refractivity contribution is 0.479. The minimum Gasteiger partial charge on any atom is -0.356 e. The number of aromatic nitrogens is 2. The van der Waals surface area contributed by atoms with Gasteiger partial charge in [0.2, 0.25) is 0 Å². The summed E-state index contributed by atoms with van der Waals surface area (Å²) in [4.78, 5) is 6.81. The fraction of sp³-hybridized carbons (Fsp3) is 0.444. The van der Waals surface area contributed by atoms with Gasteiger partial charge in [-0.15, -0.1) is 24.0 Å². The topological polar surface area (TPSA) is 45.5 Å². The maximum absolute atomic E-state index is 4.44. The van der Waals surface area contributed by atoms with Gasteiger partial charge in [0.15, 0.2) is 5.96 Å². The highest BCUT2D eigenvalue weighted by atomic mass is 127. The van der Waals surface area contributed by atoms with Crippen molar-refractivity contribution in [2.75, 3.05) is 26.7 Å². The van der Waals surface area contributed by atoms with Crippen molar-refractivity contribution < 1.29 is 0 Å². The van der Waals surface area contributed by atoms with Gasteiger partial charge in [-0.05, 0) is 24.5 Å².